The number of carbonyl (C=O) groups is 1. The fourth-order valence-corrected chi connectivity index (χ4v) is 0.134. The van der Waals surface area contributed by atoms with Crippen LogP contribution in [0.1, 0.15) is 0 Å². The summed E-state index contributed by atoms with van der Waals surface area (Å²) in [5.41, 5.74) is 0. The third-order valence-corrected chi connectivity index (χ3v) is 0.511. The third kappa shape index (κ3) is 1.33. The van der Waals surface area contributed by atoms with Crippen LogP contribution in [0.15, 0.2) is 0 Å². The predicted molar refractivity (Wildman–Crippen MR) is 27.1 cm³/mol. The predicted octanol–water partition coefficient (Wildman–Crippen LogP) is -1.87. The zero-order chi connectivity index (χ0) is 3.70. The minimum atomic E-state index is -0.0463. The van der Waals surface area contributed by atoms with E-state index in [1.165, 1.54) is 0 Å². The van der Waals surface area contributed by atoms with E-state index in [1.807, 2.05) is 0 Å². The van der Waals surface area contributed by atoms with Crippen molar-refractivity contribution in [2.75, 3.05) is 6.61 Å². The fraction of sp³-hybridized carbons (Fsp3) is 0.667. The van der Waals surface area contributed by atoms with Gasteiger partial charge in [-0.15, -0.1) is 0 Å². The second-order valence-electron chi connectivity index (χ2n) is 1.01. The van der Waals surface area contributed by atoms with Gasteiger partial charge in [0.2, 0.25) is 0 Å². The van der Waals surface area contributed by atoms with Crippen LogP contribution in [0.3, 0.4) is 0 Å². The van der Waals surface area contributed by atoms with E-state index in [2.05, 4.69) is 4.74 Å². The molecule has 2 nitrogen and oxygen atoms in total. The lowest BCUT2D eigenvalue weighted by Gasteiger charge is -1.53. The molecule has 0 N–H and O–H groups in total. The first-order valence-electron chi connectivity index (χ1n) is 1.50. The van der Waals surface area contributed by atoms with E-state index in [1.54, 1.807) is 0 Å². The van der Waals surface area contributed by atoms with Crippen molar-refractivity contribution in [3.8, 4) is 0 Å². The van der Waals surface area contributed by atoms with E-state index >= 15 is 0 Å². The maximum atomic E-state index is 9.44. The van der Waals surface area contributed by atoms with Crippen molar-refractivity contribution in [3.05, 3.63) is 0 Å². The highest BCUT2D eigenvalue weighted by atomic mass is 28.1. The topological polar surface area (TPSA) is 29.6 Å². The maximum absolute atomic E-state index is 9.44. The van der Waals surface area contributed by atoms with E-state index in [-0.39, 0.29) is 17.1 Å². The Balaban J connectivity index is 0.000000250. The van der Waals surface area contributed by atoms with Crippen LogP contribution in [-0.4, -0.2) is 30.0 Å². The molecule has 0 aromatic carbocycles. The highest BCUT2D eigenvalue weighted by Crippen LogP contribution is 2.02. The van der Waals surface area contributed by atoms with Crippen LogP contribution in [0.4, 0.5) is 0 Å². The largest absolute Gasteiger partial charge is 0.365 e. The Morgan fingerprint density at radius 3 is 2.33 bits per heavy atom. The Morgan fingerprint density at radius 1 is 1.83 bits per heavy atom. The zero-order valence-corrected chi connectivity index (χ0v) is 2.68. The number of carbonyl (C=O) groups excluding carboxylic acids is 1. The van der Waals surface area contributed by atoms with Gasteiger partial charge in [0.1, 0.15) is 6.10 Å². The van der Waals surface area contributed by atoms with Crippen LogP contribution < -0.4 is 0 Å². The highest BCUT2D eigenvalue weighted by molar-refractivity contribution is 5.75. The molecule has 0 aliphatic carbocycles. The van der Waals surface area contributed by atoms with Gasteiger partial charge in [0.05, 0.1) is 6.61 Å². The average molecular weight is 104 g/mol. The number of hydrogen-bond acceptors (Lipinski definition) is 2. The molecule has 1 aliphatic rings. The Morgan fingerprint density at radius 2 is 2.33 bits per heavy atom. The van der Waals surface area contributed by atoms with Crippen LogP contribution >= 0.6 is 0 Å². The average Bonchev–Trinajstić information content (AvgIpc) is 2.12. The molecule has 0 radical (unpaired) electrons. The second kappa shape index (κ2) is 2.10. The van der Waals surface area contributed by atoms with Gasteiger partial charge >= 0.3 is 0 Å². The van der Waals surface area contributed by atoms with Gasteiger partial charge in [0, 0.05) is 0 Å². The monoisotopic (exact) mass is 104 g/mol. The minimum absolute atomic E-state index is 0. The molecule has 6 heavy (non-hydrogen) atoms. The summed E-state index contributed by atoms with van der Waals surface area (Å²) < 4.78 is 4.49. The van der Waals surface area contributed by atoms with E-state index in [0.717, 1.165) is 6.29 Å². The van der Waals surface area contributed by atoms with E-state index < -0.39 is 0 Å². The molecule has 3 heteroatoms. The molecule has 36 valence electrons. The standard InChI is InChI=1S/C3H4O2.H4Si/c4-1-3-2-5-3;/h1,3H,2H2;1H4. The van der Waals surface area contributed by atoms with Gasteiger partial charge in [-0.1, -0.05) is 0 Å². The van der Waals surface area contributed by atoms with Crippen LogP contribution in [0, 0.1) is 0 Å². The third-order valence-electron chi connectivity index (χ3n) is 0.511. The van der Waals surface area contributed by atoms with E-state index in [4.69, 9.17) is 0 Å². The first kappa shape index (κ1) is 5.85. The lowest BCUT2D eigenvalue weighted by Crippen LogP contribution is -1.79. The van der Waals surface area contributed by atoms with Crippen LogP contribution in [0.5, 0.6) is 0 Å². The molecule has 1 atom stereocenters. The summed E-state index contributed by atoms with van der Waals surface area (Å²) in [5, 5.41) is 0. The summed E-state index contributed by atoms with van der Waals surface area (Å²) in [6.45, 7) is 0.642. The van der Waals surface area contributed by atoms with Crippen LogP contribution in [0.25, 0.3) is 0 Å². The number of aldehydes is 1. The first-order chi connectivity index (χ1) is 2.43. The lowest BCUT2D eigenvalue weighted by atomic mass is 10.6. The molecule has 1 aliphatic heterocycles. The van der Waals surface area contributed by atoms with Gasteiger partial charge in [0.15, 0.2) is 6.29 Å². The molecule has 0 spiro atoms. The zero-order valence-electron chi connectivity index (χ0n) is 2.68. The summed E-state index contributed by atoms with van der Waals surface area (Å²) in [5.74, 6) is 0. The van der Waals surface area contributed by atoms with Gasteiger partial charge in [-0.3, -0.25) is 0 Å². The summed E-state index contributed by atoms with van der Waals surface area (Å²) in [4.78, 5) is 9.44. The molecule has 1 unspecified atom stereocenters. The Kier molecular flexibility index (Phi) is 2.04. The Labute approximate surface area is 40.5 Å². The lowest BCUT2D eigenvalue weighted by molar-refractivity contribution is -0.108. The quantitative estimate of drug-likeness (QED) is 0.222. The van der Waals surface area contributed by atoms with Crippen molar-refractivity contribution in [1.29, 1.82) is 0 Å². The molecule has 1 saturated heterocycles. The van der Waals surface area contributed by atoms with Gasteiger partial charge in [-0.05, 0) is 11.0 Å². The van der Waals surface area contributed by atoms with Crippen LogP contribution in [-0.2, 0) is 9.53 Å². The summed E-state index contributed by atoms with van der Waals surface area (Å²) in [6, 6.07) is 0. The SMILES string of the molecule is O=CC1CO1.[SiH4]. The molecular weight excluding hydrogens is 96.1 g/mol. The number of epoxide rings is 1. The van der Waals surface area contributed by atoms with Gasteiger partial charge in [-0.2, -0.15) is 0 Å². The van der Waals surface area contributed by atoms with Gasteiger partial charge in [0.25, 0.3) is 0 Å². The van der Waals surface area contributed by atoms with Crippen molar-refractivity contribution in [2.24, 2.45) is 0 Å². The van der Waals surface area contributed by atoms with Crippen molar-refractivity contribution in [1.82, 2.24) is 0 Å². The normalized spacial score (nSPS) is 27.7. The molecular formula is C3H8O2Si. The Bertz CT molecular complexity index is 50.8. The summed E-state index contributed by atoms with van der Waals surface area (Å²) in [6.07, 6.45) is 0.759. The fourth-order valence-electron chi connectivity index (χ4n) is 0.134. The number of rotatable bonds is 1. The summed E-state index contributed by atoms with van der Waals surface area (Å²) in [7, 11) is 0. The Hall–Kier alpha value is -0.153. The summed E-state index contributed by atoms with van der Waals surface area (Å²) >= 11 is 0. The maximum Gasteiger partial charge on any atom is 0.151 e. The molecule has 1 rings (SSSR count). The van der Waals surface area contributed by atoms with Crippen molar-refractivity contribution in [3.63, 3.8) is 0 Å². The molecule has 0 bridgehead atoms. The number of hydrogen-bond donors (Lipinski definition) is 0. The van der Waals surface area contributed by atoms with E-state index in [0.29, 0.717) is 6.61 Å². The molecule has 0 saturated carbocycles. The molecule has 0 amide bonds. The van der Waals surface area contributed by atoms with Gasteiger partial charge in [-0.25, -0.2) is 0 Å². The first-order valence-corrected chi connectivity index (χ1v) is 1.50. The van der Waals surface area contributed by atoms with E-state index in [9.17, 15) is 4.79 Å². The highest BCUT2D eigenvalue weighted by Gasteiger charge is 2.19. The number of ether oxygens (including phenoxy) is 1. The molecule has 0 aromatic rings. The second-order valence-corrected chi connectivity index (χ2v) is 1.01. The van der Waals surface area contributed by atoms with Crippen molar-refractivity contribution >= 4 is 17.3 Å². The minimum Gasteiger partial charge on any atom is -0.365 e. The molecule has 1 fully saturated rings. The smallest absolute Gasteiger partial charge is 0.151 e. The van der Waals surface area contributed by atoms with Crippen molar-refractivity contribution < 1.29 is 9.53 Å². The van der Waals surface area contributed by atoms with Crippen LogP contribution in [0.2, 0.25) is 0 Å². The van der Waals surface area contributed by atoms with Crippen molar-refractivity contribution in [2.45, 2.75) is 6.10 Å². The molecule has 1 heterocycles. The molecule has 0 aromatic heterocycles. The van der Waals surface area contributed by atoms with Gasteiger partial charge < -0.3 is 9.53 Å².